The Morgan fingerprint density at radius 1 is 1.75 bits per heavy atom. The molecule has 16 heavy (non-hydrogen) atoms. The van der Waals surface area contributed by atoms with Crippen LogP contribution in [0.2, 0.25) is 0 Å². The minimum Gasteiger partial charge on any atom is -0.325 e. The predicted octanol–water partition coefficient (Wildman–Crippen LogP) is 1.20. The second kappa shape index (κ2) is 4.79. The first-order chi connectivity index (χ1) is 7.51. The van der Waals surface area contributed by atoms with E-state index in [1.165, 1.54) is 4.90 Å². The number of hydrogen-bond acceptors (Lipinski definition) is 3. The molecular weight excluding hydrogens is 204 g/mol. The standard InChI is InChI=1S/C11H16N4O/c1-5-15-10(6-8(2)13-15)11(16)14(4)9(3)7-12/h6,9H,5H2,1-4H3. The molecule has 1 rings (SSSR count). The summed E-state index contributed by atoms with van der Waals surface area (Å²) in [5, 5.41) is 13.0. The van der Waals surface area contributed by atoms with Crippen molar-refractivity contribution in [1.29, 1.82) is 5.26 Å². The summed E-state index contributed by atoms with van der Waals surface area (Å²) in [6.07, 6.45) is 0. The van der Waals surface area contributed by atoms with E-state index < -0.39 is 6.04 Å². The third-order valence-corrected chi connectivity index (χ3v) is 2.51. The maximum absolute atomic E-state index is 12.1. The molecule has 0 aliphatic heterocycles. The summed E-state index contributed by atoms with van der Waals surface area (Å²) in [4.78, 5) is 13.5. The SMILES string of the molecule is CCn1nc(C)cc1C(=O)N(C)C(C)C#N. The highest BCUT2D eigenvalue weighted by molar-refractivity contribution is 5.92. The van der Waals surface area contributed by atoms with Crippen LogP contribution in [0.1, 0.15) is 30.0 Å². The Hall–Kier alpha value is -1.83. The normalized spacial score (nSPS) is 11.9. The first kappa shape index (κ1) is 12.2. The molecule has 1 atom stereocenters. The number of carbonyl (C=O) groups is 1. The van der Waals surface area contributed by atoms with Crippen molar-refractivity contribution >= 4 is 5.91 Å². The average Bonchev–Trinajstić information content (AvgIpc) is 2.67. The molecule has 0 saturated carbocycles. The summed E-state index contributed by atoms with van der Waals surface area (Å²) in [6.45, 7) is 6.11. The number of amides is 1. The molecular formula is C11H16N4O. The zero-order valence-electron chi connectivity index (χ0n) is 10.1. The Morgan fingerprint density at radius 2 is 2.38 bits per heavy atom. The smallest absolute Gasteiger partial charge is 0.272 e. The zero-order valence-corrected chi connectivity index (χ0v) is 10.1. The Labute approximate surface area is 95.3 Å². The van der Waals surface area contributed by atoms with Gasteiger partial charge in [-0.25, -0.2) is 0 Å². The van der Waals surface area contributed by atoms with Gasteiger partial charge >= 0.3 is 0 Å². The number of nitrogens with zero attached hydrogens (tertiary/aromatic N) is 4. The van der Waals surface area contributed by atoms with Gasteiger partial charge in [0, 0.05) is 13.6 Å². The van der Waals surface area contributed by atoms with Crippen molar-refractivity contribution in [2.75, 3.05) is 7.05 Å². The third-order valence-electron chi connectivity index (χ3n) is 2.51. The molecule has 0 bridgehead atoms. The van der Waals surface area contributed by atoms with Gasteiger partial charge in [0.2, 0.25) is 0 Å². The Kier molecular flexibility index (Phi) is 3.67. The summed E-state index contributed by atoms with van der Waals surface area (Å²) < 4.78 is 1.65. The predicted molar refractivity (Wildman–Crippen MR) is 59.8 cm³/mol. The summed E-state index contributed by atoms with van der Waals surface area (Å²) in [5.41, 5.74) is 1.34. The van der Waals surface area contributed by atoms with Gasteiger partial charge in [0.25, 0.3) is 5.91 Å². The van der Waals surface area contributed by atoms with Crippen molar-refractivity contribution in [2.24, 2.45) is 0 Å². The van der Waals surface area contributed by atoms with Gasteiger partial charge in [-0.2, -0.15) is 10.4 Å². The quantitative estimate of drug-likeness (QED) is 0.768. The molecule has 0 saturated heterocycles. The zero-order chi connectivity index (χ0) is 12.3. The number of carbonyl (C=O) groups excluding carboxylic acids is 1. The van der Waals surface area contributed by atoms with Crippen LogP contribution in [-0.4, -0.2) is 33.7 Å². The minimum absolute atomic E-state index is 0.170. The Bertz CT molecular complexity index is 430. The highest BCUT2D eigenvalue weighted by Crippen LogP contribution is 2.08. The molecule has 1 aromatic rings. The first-order valence-corrected chi connectivity index (χ1v) is 5.22. The highest BCUT2D eigenvalue weighted by atomic mass is 16.2. The van der Waals surface area contributed by atoms with Crippen LogP contribution in [0.5, 0.6) is 0 Å². The van der Waals surface area contributed by atoms with E-state index >= 15 is 0 Å². The Morgan fingerprint density at radius 3 is 2.88 bits per heavy atom. The number of hydrogen-bond donors (Lipinski definition) is 0. The summed E-state index contributed by atoms with van der Waals surface area (Å²) in [5.74, 6) is -0.170. The van der Waals surface area contributed by atoms with Crippen molar-refractivity contribution in [3.05, 3.63) is 17.5 Å². The van der Waals surface area contributed by atoms with Crippen LogP contribution in [0.15, 0.2) is 6.07 Å². The largest absolute Gasteiger partial charge is 0.325 e. The highest BCUT2D eigenvalue weighted by Gasteiger charge is 2.20. The van der Waals surface area contributed by atoms with Crippen LogP contribution in [0.25, 0.3) is 0 Å². The Balaban J connectivity index is 3.01. The molecule has 0 radical (unpaired) electrons. The fourth-order valence-corrected chi connectivity index (χ4v) is 1.40. The molecule has 0 aromatic carbocycles. The third kappa shape index (κ3) is 2.22. The van der Waals surface area contributed by atoms with Crippen molar-refractivity contribution in [3.8, 4) is 6.07 Å². The van der Waals surface area contributed by atoms with E-state index in [9.17, 15) is 4.79 Å². The van der Waals surface area contributed by atoms with Gasteiger partial charge in [-0.1, -0.05) is 0 Å². The molecule has 0 aliphatic rings. The van der Waals surface area contributed by atoms with E-state index in [0.717, 1.165) is 5.69 Å². The number of nitriles is 1. The van der Waals surface area contributed by atoms with Crippen LogP contribution in [0, 0.1) is 18.3 Å². The van der Waals surface area contributed by atoms with Gasteiger partial charge in [-0.15, -0.1) is 0 Å². The number of rotatable bonds is 3. The number of aromatic nitrogens is 2. The molecule has 1 amide bonds. The van der Waals surface area contributed by atoms with Gasteiger partial charge in [-0.05, 0) is 26.8 Å². The van der Waals surface area contributed by atoms with E-state index in [0.29, 0.717) is 12.2 Å². The fraction of sp³-hybridized carbons (Fsp3) is 0.545. The van der Waals surface area contributed by atoms with E-state index in [-0.39, 0.29) is 5.91 Å². The molecule has 1 unspecified atom stereocenters. The molecule has 1 heterocycles. The van der Waals surface area contributed by atoms with Crippen molar-refractivity contribution in [1.82, 2.24) is 14.7 Å². The maximum Gasteiger partial charge on any atom is 0.272 e. The lowest BCUT2D eigenvalue weighted by Crippen LogP contribution is -2.35. The van der Waals surface area contributed by atoms with Gasteiger partial charge in [0.05, 0.1) is 11.8 Å². The van der Waals surface area contributed by atoms with E-state index in [4.69, 9.17) is 5.26 Å². The van der Waals surface area contributed by atoms with Crippen LogP contribution < -0.4 is 0 Å². The molecule has 0 spiro atoms. The molecule has 5 heteroatoms. The monoisotopic (exact) mass is 220 g/mol. The van der Waals surface area contributed by atoms with Crippen LogP contribution in [0.3, 0.4) is 0 Å². The fourth-order valence-electron chi connectivity index (χ4n) is 1.40. The topological polar surface area (TPSA) is 61.9 Å². The molecule has 86 valence electrons. The van der Waals surface area contributed by atoms with E-state index in [2.05, 4.69) is 5.10 Å². The molecule has 0 fully saturated rings. The molecule has 0 aliphatic carbocycles. The van der Waals surface area contributed by atoms with Crippen LogP contribution in [0.4, 0.5) is 0 Å². The number of aryl methyl sites for hydroxylation is 2. The van der Waals surface area contributed by atoms with E-state index in [1.54, 1.807) is 24.7 Å². The lowest BCUT2D eigenvalue weighted by atomic mass is 10.2. The average molecular weight is 220 g/mol. The second-order valence-electron chi connectivity index (χ2n) is 3.71. The maximum atomic E-state index is 12.1. The minimum atomic E-state index is -0.437. The van der Waals surface area contributed by atoms with Gasteiger partial charge < -0.3 is 4.90 Å². The van der Waals surface area contributed by atoms with Gasteiger partial charge in [0.15, 0.2) is 0 Å². The second-order valence-corrected chi connectivity index (χ2v) is 3.71. The van der Waals surface area contributed by atoms with Crippen molar-refractivity contribution < 1.29 is 4.79 Å². The van der Waals surface area contributed by atoms with Crippen molar-refractivity contribution in [2.45, 2.75) is 33.4 Å². The van der Waals surface area contributed by atoms with E-state index in [1.807, 2.05) is 19.9 Å². The van der Waals surface area contributed by atoms with Gasteiger partial charge in [-0.3, -0.25) is 9.48 Å². The van der Waals surface area contributed by atoms with Crippen LogP contribution in [-0.2, 0) is 6.54 Å². The van der Waals surface area contributed by atoms with Crippen molar-refractivity contribution in [3.63, 3.8) is 0 Å². The first-order valence-electron chi connectivity index (χ1n) is 5.22. The summed E-state index contributed by atoms with van der Waals surface area (Å²) >= 11 is 0. The molecule has 5 nitrogen and oxygen atoms in total. The molecule has 0 N–H and O–H groups in total. The van der Waals surface area contributed by atoms with Gasteiger partial charge in [0.1, 0.15) is 11.7 Å². The summed E-state index contributed by atoms with van der Waals surface area (Å²) in [6, 6.07) is 3.34. The summed E-state index contributed by atoms with van der Waals surface area (Å²) in [7, 11) is 1.62. The lowest BCUT2D eigenvalue weighted by Gasteiger charge is -2.19. The van der Waals surface area contributed by atoms with Crippen LogP contribution >= 0.6 is 0 Å². The lowest BCUT2D eigenvalue weighted by molar-refractivity contribution is 0.0761. The molecule has 1 aromatic heterocycles.